The number of ether oxygens (including phenoxy) is 1. The van der Waals surface area contributed by atoms with Crippen LogP contribution in [-0.4, -0.2) is 25.3 Å². The van der Waals surface area contributed by atoms with E-state index in [0.717, 1.165) is 0 Å². The van der Waals surface area contributed by atoms with E-state index in [0.29, 0.717) is 25.8 Å². The molecule has 0 aliphatic rings. The third-order valence-corrected chi connectivity index (χ3v) is 2.51. The van der Waals surface area contributed by atoms with Crippen LogP contribution in [0.3, 0.4) is 0 Å². The van der Waals surface area contributed by atoms with Crippen LogP contribution in [0, 0.1) is 0 Å². The number of rotatable bonds is 6. The average molecular weight is 194 g/mol. The topological polar surface area (TPSA) is 52.6 Å². The Morgan fingerprint density at radius 1 is 1.50 bits per heavy atom. The molecule has 0 saturated heterocycles. The third-order valence-electron chi connectivity index (χ3n) is 1.14. The molecule has 1 unspecified atom stereocenters. The second kappa shape index (κ2) is 7.32. The molecule has 0 radical (unpaired) electrons. The lowest BCUT2D eigenvalue weighted by Crippen LogP contribution is -2.01. The molecule has 0 saturated carbocycles. The van der Waals surface area contributed by atoms with Crippen LogP contribution in [0.5, 0.6) is 0 Å². The molecule has 0 fully saturated rings. The molecule has 0 bridgehead atoms. The van der Waals surface area contributed by atoms with Crippen molar-refractivity contribution in [2.45, 2.75) is 20.3 Å². The van der Waals surface area contributed by atoms with Crippen LogP contribution in [0.15, 0.2) is 0 Å². The van der Waals surface area contributed by atoms with Crippen LogP contribution in [0.25, 0.3) is 0 Å². The van der Waals surface area contributed by atoms with E-state index in [1.54, 1.807) is 6.92 Å². The van der Waals surface area contributed by atoms with Gasteiger partial charge in [0.05, 0.1) is 13.2 Å². The van der Waals surface area contributed by atoms with Gasteiger partial charge in [-0.2, -0.15) is 0 Å². The number of esters is 1. The van der Waals surface area contributed by atoms with Crippen LogP contribution in [0.2, 0.25) is 0 Å². The van der Waals surface area contributed by atoms with Crippen molar-refractivity contribution >= 4 is 14.0 Å². The fraction of sp³-hybridized carbons (Fsp3) is 0.857. The second-order valence-electron chi connectivity index (χ2n) is 2.25. The molecule has 0 rings (SSSR count). The van der Waals surface area contributed by atoms with Gasteiger partial charge in [-0.1, -0.05) is 0 Å². The highest BCUT2D eigenvalue weighted by Crippen LogP contribution is 2.22. The van der Waals surface area contributed by atoms with E-state index < -0.39 is 8.03 Å². The average Bonchev–Trinajstić information content (AvgIpc) is 1.98. The minimum Gasteiger partial charge on any atom is -0.466 e. The molecule has 0 aliphatic heterocycles. The molecule has 0 spiro atoms. The van der Waals surface area contributed by atoms with E-state index in [4.69, 9.17) is 4.52 Å². The first kappa shape index (κ1) is 11.7. The second-order valence-corrected chi connectivity index (χ2v) is 3.78. The van der Waals surface area contributed by atoms with Gasteiger partial charge in [0.2, 0.25) is 0 Å². The lowest BCUT2D eigenvalue weighted by atomic mass is 10.5. The minimum atomic E-state index is -1.88. The zero-order valence-electron chi connectivity index (χ0n) is 7.46. The largest absolute Gasteiger partial charge is 0.466 e. The Hall–Kier alpha value is -0.340. The lowest BCUT2D eigenvalue weighted by molar-refractivity contribution is -0.140. The summed E-state index contributed by atoms with van der Waals surface area (Å²) in [6.45, 7) is 3.96. The summed E-state index contributed by atoms with van der Waals surface area (Å²) in [7, 11) is -1.88. The van der Waals surface area contributed by atoms with Crippen molar-refractivity contribution in [3.8, 4) is 0 Å². The lowest BCUT2D eigenvalue weighted by Gasteiger charge is -2.01. The van der Waals surface area contributed by atoms with Gasteiger partial charge in [0.1, 0.15) is 0 Å². The van der Waals surface area contributed by atoms with E-state index in [-0.39, 0.29) is 5.97 Å². The third kappa shape index (κ3) is 7.76. The standard InChI is InChI=1S/C7H15O4P/c1-3-11-12(9)6-4-5-10-7(2)8/h12H,3-6H2,1-2H3. The predicted octanol–water partition coefficient (Wildman–Crippen LogP) is 1.45. The van der Waals surface area contributed by atoms with Crippen molar-refractivity contribution in [1.82, 2.24) is 0 Å². The van der Waals surface area contributed by atoms with Gasteiger partial charge >= 0.3 is 5.97 Å². The van der Waals surface area contributed by atoms with Crippen LogP contribution in [0.1, 0.15) is 20.3 Å². The number of carbonyl (C=O) groups excluding carboxylic acids is 1. The van der Waals surface area contributed by atoms with E-state index in [1.807, 2.05) is 0 Å². The fourth-order valence-electron chi connectivity index (χ4n) is 0.666. The molecule has 5 heteroatoms. The Kier molecular flexibility index (Phi) is 7.11. The molecule has 0 amide bonds. The Labute approximate surface area is 73.1 Å². The molecular weight excluding hydrogens is 179 g/mol. The van der Waals surface area contributed by atoms with Crippen molar-refractivity contribution in [1.29, 1.82) is 0 Å². The molecule has 1 atom stereocenters. The van der Waals surface area contributed by atoms with Crippen molar-refractivity contribution in [2.75, 3.05) is 19.4 Å². The maximum absolute atomic E-state index is 10.9. The number of hydrogen-bond donors (Lipinski definition) is 0. The number of carbonyl (C=O) groups is 1. The van der Waals surface area contributed by atoms with Gasteiger partial charge in [0, 0.05) is 13.1 Å². The Morgan fingerprint density at radius 3 is 2.67 bits per heavy atom. The summed E-state index contributed by atoms with van der Waals surface area (Å²) in [5.74, 6) is -0.300. The molecule has 72 valence electrons. The first-order valence-corrected chi connectivity index (χ1v) is 5.48. The summed E-state index contributed by atoms with van der Waals surface area (Å²) in [5.41, 5.74) is 0. The molecule has 0 aromatic rings. The first-order chi connectivity index (χ1) is 5.66. The SMILES string of the molecule is CCO[PH](=O)CCCOC(C)=O. The van der Waals surface area contributed by atoms with Gasteiger partial charge in [-0.15, -0.1) is 0 Å². The van der Waals surface area contributed by atoms with Crippen molar-refractivity contribution in [3.05, 3.63) is 0 Å². The Bertz CT molecular complexity index is 157. The molecule has 0 N–H and O–H groups in total. The highest BCUT2D eigenvalue weighted by molar-refractivity contribution is 7.39. The van der Waals surface area contributed by atoms with Crippen LogP contribution >= 0.6 is 8.03 Å². The summed E-state index contributed by atoms with van der Waals surface area (Å²) in [6, 6.07) is 0. The van der Waals surface area contributed by atoms with Crippen molar-refractivity contribution < 1.29 is 18.6 Å². The maximum Gasteiger partial charge on any atom is 0.302 e. The van der Waals surface area contributed by atoms with Gasteiger partial charge in [0.25, 0.3) is 0 Å². The molecule has 0 aromatic carbocycles. The van der Waals surface area contributed by atoms with Gasteiger partial charge in [-0.25, -0.2) is 0 Å². The van der Waals surface area contributed by atoms with Gasteiger partial charge in [-0.05, 0) is 13.3 Å². The quantitative estimate of drug-likeness (QED) is 0.365. The molecular formula is C7H15O4P. The Morgan fingerprint density at radius 2 is 2.17 bits per heavy atom. The fourth-order valence-corrected chi connectivity index (χ4v) is 1.56. The zero-order chi connectivity index (χ0) is 9.40. The van der Waals surface area contributed by atoms with E-state index >= 15 is 0 Å². The Balaban J connectivity index is 3.19. The molecule has 4 nitrogen and oxygen atoms in total. The smallest absolute Gasteiger partial charge is 0.302 e. The highest BCUT2D eigenvalue weighted by atomic mass is 31.1. The van der Waals surface area contributed by atoms with E-state index in [2.05, 4.69) is 4.74 Å². The monoisotopic (exact) mass is 194 g/mol. The summed E-state index contributed by atoms with van der Waals surface area (Å²) < 4.78 is 20.4. The molecule has 0 aromatic heterocycles. The van der Waals surface area contributed by atoms with Crippen LogP contribution < -0.4 is 0 Å². The van der Waals surface area contributed by atoms with Crippen molar-refractivity contribution in [3.63, 3.8) is 0 Å². The van der Waals surface area contributed by atoms with Crippen LogP contribution in [0.4, 0.5) is 0 Å². The minimum absolute atomic E-state index is 0.300. The summed E-state index contributed by atoms with van der Waals surface area (Å²) in [5, 5.41) is 0. The molecule has 12 heavy (non-hydrogen) atoms. The van der Waals surface area contributed by atoms with Crippen LogP contribution in [-0.2, 0) is 18.6 Å². The van der Waals surface area contributed by atoms with E-state index in [9.17, 15) is 9.36 Å². The van der Waals surface area contributed by atoms with Gasteiger partial charge in [-0.3, -0.25) is 9.36 Å². The first-order valence-electron chi connectivity index (χ1n) is 3.95. The zero-order valence-corrected chi connectivity index (χ0v) is 8.46. The molecule has 0 heterocycles. The predicted molar refractivity (Wildman–Crippen MR) is 46.7 cm³/mol. The van der Waals surface area contributed by atoms with Gasteiger partial charge in [0.15, 0.2) is 8.03 Å². The molecule has 0 aliphatic carbocycles. The summed E-state index contributed by atoms with van der Waals surface area (Å²) >= 11 is 0. The summed E-state index contributed by atoms with van der Waals surface area (Å²) in [6.07, 6.45) is 1.10. The summed E-state index contributed by atoms with van der Waals surface area (Å²) in [4.78, 5) is 10.3. The van der Waals surface area contributed by atoms with Gasteiger partial charge < -0.3 is 9.26 Å². The normalized spacial score (nSPS) is 12.5. The maximum atomic E-state index is 10.9. The number of hydrogen-bond acceptors (Lipinski definition) is 4. The van der Waals surface area contributed by atoms with Crippen molar-refractivity contribution in [2.24, 2.45) is 0 Å². The van der Waals surface area contributed by atoms with E-state index in [1.165, 1.54) is 6.92 Å². The highest BCUT2D eigenvalue weighted by Gasteiger charge is 1.98.